The molecule has 7 heteroatoms. The molecule has 2 aromatic carbocycles. The number of anilines is 1. The molecule has 0 atom stereocenters. The van der Waals surface area contributed by atoms with Crippen molar-refractivity contribution in [2.24, 2.45) is 4.99 Å². The Bertz CT molecular complexity index is 863. The summed E-state index contributed by atoms with van der Waals surface area (Å²) in [4.78, 5) is 21.0. The van der Waals surface area contributed by atoms with Crippen molar-refractivity contribution in [3.8, 4) is 0 Å². The van der Waals surface area contributed by atoms with Gasteiger partial charge in [-0.1, -0.05) is 30.3 Å². The second-order valence-electron chi connectivity index (χ2n) is 7.39. The molecule has 1 heterocycles. The Kier molecular flexibility index (Phi) is 7.65. The number of guanidine groups is 1. The number of carbonyl (C=O) groups excluding carboxylic acids is 1. The number of para-hydroxylation sites is 1. The molecule has 0 aliphatic carbocycles. The predicted octanol–water partition coefficient (Wildman–Crippen LogP) is 2.54. The van der Waals surface area contributed by atoms with Crippen molar-refractivity contribution in [1.82, 2.24) is 15.5 Å². The third-order valence-electron chi connectivity index (χ3n) is 5.29. The van der Waals surface area contributed by atoms with Gasteiger partial charge in [-0.2, -0.15) is 0 Å². The monoisotopic (exact) mass is 411 g/mol. The van der Waals surface area contributed by atoms with E-state index in [0.29, 0.717) is 31.0 Å². The molecular weight excluding hydrogens is 381 g/mol. The summed E-state index contributed by atoms with van der Waals surface area (Å²) < 4.78 is 13.4. The van der Waals surface area contributed by atoms with Gasteiger partial charge >= 0.3 is 0 Å². The van der Waals surface area contributed by atoms with Crippen LogP contribution in [0.15, 0.2) is 53.5 Å². The highest BCUT2D eigenvalue weighted by molar-refractivity contribution is 5.81. The van der Waals surface area contributed by atoms with Crippen LogP contribution in [0.5, 0.6) is 0 Å². The van der Waals surface area contributed by atoms with Crippen molar-refractivity contribution in [3.05, 3.63) is 65.5 Å². The van der Waals surface area contributed by atoms with Gasteiger partial charge in [0.2, 0.25) is 5.91 Å². The average molecular weight is 412 g/mol. The fourth-order valence-electron chi connectivity index (χ4n) is 3.52. The van der Waals surface area contributed by atoms with Crippen molar-refractivity contribution < 1.29 is 9.18 Å². The Morgan fingerprint density at radius 3 is 2.47 bits per heavy atom. The second kappa shape index (κ2) is 10.6. The van der Waals surface area contributed by atoms with Crippen LogP contribution in [0.25, 0.3) is 0 Å². The van der Waals surface area contributed by atoms with Gasteiger partial charge in [-0.3, -0.25) is 9.79 Å². The zero-order valence-corrected chi connectivity index (χ0v) is 17.7. The summed E-state index contributed by atoms with van der Waals surface area (Å²) in [6.45, 7) is 5.98. The molecule has 3 rings (SSSR count). The van der Waals surface area contributed by atoms with Crippen molar-refractivity contribution >= 4 is 17.6 Å². The van der Waals surface area contributed by atoms with Gasteiger partial charge in [0.1, 0.15) is 5.82 Å². The van der Waals surface area contributed by atoms with E-state index in [2.05, 4.69) is 32.7 Å². The van der Waals surface area contributed by atoms with E-state index in [1.54, 1.807) is 20.0 Å². The molecule has 0 unspecified atom stereocenters. The number of carbonyl (C=O) groups is 1. The molecule has 0 saturated carbocycles. The zero-order chi connectivity index (χ0) is 21.3. The number of nitrogens with one attached hydrogen (secondary N) is 2. The maximum atomic E-state index is 13.4. The summed E-state index contributed by atoms with van der Waals surface area (Å²) in [5, 5.41) is 6.37. The first kappa shape index (κ1) is 21.6. The number of nitrogens with zero attached hydrogens (tertiary/aromatic N) is 3. The molecule has 0 radical (unpaired) electrons. The number of aryl methyl sites for hydroxylation is 1. The van der Waals surface area contributed by atoms with E-state index < -0.39 is 0 Å². The lowest BCUT2D eigenvalue weighted by molar-refractivity contribution is -0.131. The van der Waals surface area contributed by atoms with Crippen molar-refractivity contribution in [1.29, 1.82) is 0 Å². The van der Waals surface area contributed by atoms with Crippen LogP contribution in [0.1, 0.15) is 17.5 Å². The molecule has 1 amide bonds. The van der Waals surface area contributed by atoms with Crippen LogP contribution in [0, 0.1) is 12.7 Å². The number of aliphatic imine (C=N–C) groups is 1. The molecular formula is C23H30FN5O. The van der Waals surface area contributed by atoms with Crippen LogP contribution in [-0.4, -0.2) is 56.5 Å². The first-order valence-corrected chi connectivity index (χ1v) is 10.3. The Labute approximate surface area is 177 Å². The summed E-state index contributed by atoms with van der Waals surface area (Å²) in [5.41, 5.74) is 2.80. The summed E-state index contributed by atoms with van der Waals surface area (Å²) in [7, 11) is 1.69. The van der Waals surface area contributed by atoms with Gasteiger partial charge < -0.3 is 20.4 Å². The van der Waals surface area contributed by atoms with E-state index in [0.717, 1.165) is 31.7 Å². The predicted molar refractivity (Wildman–Crippen MR) is 119 cm³/mol. The molecule has 0 bridgehead atoms. The molecule has 0 spiro atoms. The van der Waals surface area contributed by atoms with Crippen molar-refractivity contribution in [2.45, 2.75) is 19.9 Å². The van der Waals surface area contributed by atoms with Gasteiger partial charge in [-0.05, 0) is 36.2 Å². The number of hydrogen-bond acceptors (Lipinski definition) is 3. The van der Waals surface area contributed by atoms with E-state index in [9.17, 15) is 9.18 Å². The van der Waals surface area contributed by atoms with Crippen molar-refractivity contribution in [2.75, 3.05) is 44.7 Å². The van der Waals surface area contributed by atoms with Gasteiger partial charge in [0.05, 0.1) is 0 Å². The number of amides is 1. The normalized spacial score (nSPS) is 14.6. The lowest BCUT2D eigenvalue weighted by atomic mass is 10.1. The average Bonchev–Trinajstić information content (AvgIpc) is 2.79. The molecule has 0 aromatic heterocycles. The maximum absolute atomic E-state index is 13.4. The SMILES string of the molecule is CN=C(NCCC(=O)N1CCN(c2ccccc2)CC1)NCc1ccc(F)c(C)c1. The van der Waals surface area contributed by atoms with Crippen LogP contribution in [0.4, 0.5) is 10.1 Å². The fraction of sp³-hybridized carbons (Fsp3) is 0.391. The topological polar surface area (TPSA) is 60.0 Å². The number of hydrogen-bond donors (Lipinski definition) is 2. The third kappa shape index (κ3) is 5.95. The Morgan fingerprint density at radius 2 is 1.80 bits per heavy atom. The van der Waals surface area contributed by atoms with Gasteiger partial charge in [0.15, 0.2) is 5.96 Å². The highest BCUT2D eigenvalue weighted by atomic mass is 19.1. The standard InChI is InChI=1S/C23H30FN5O/c1-18-16-19(8-9-21(18)24)17-27-23(25-2)26-11-10-22(30)29-14-12-28(13-15-29)20-6-4-3-5-7-20/h3-9,16H,10-15,17H2,1-2H3,(H2,25,26,27). The molecule has 1 aliphatic heterocycles. The van der Waals surface area contributed by atoms with Gasteiger partial charge in [-0.15, -0.1) is 0 Å². The zero-order valence-electron chi connectivity index (χ0n) is 17.7. The lowest BCUT2D eigenvalue weighted by Gasteiger charge is -2.36. The molecule has 160 valence electrons. The Balaban J connectivity index is 1.37. The van der Waals surface area contributed by atoms with Crippen LogP contribution in [0.2, 0.25) is 0 Å². The largest absolute Gasteiger partial charge is 0.368 e. The Morgan fingerprint density at radius 1 is 1.07 bits per heavy atom. The summed E-state index contributed by atoms with van der Waals surface area (Å²) in [6.07, 6.45) is 0.418. The highest BCUT2D eigenvalue weighted by Gasteiger charge is 2.20. The van der Waals surface area contributed by atoms with E-state index in [1.807, 2.05) is 29.2 Å². The van der Waals surface area contributed by atoms with Gasteiger partial charge in [0, 0.05) is 58.4 Å². The molecule has 2 N–H and O–H groups in total. The summed E-state index contributed by atoms with van der Waals surface area (Å²) >= 11 is 0. The molecule has 6 nitrogen and oxygen atoms in total. The third-order valence-corrected chi connectivity index (χ3v) is 5.29. The first-order chi connectivity index (χ1) is 14.6. The van der Waals surface area contributed by atoms with Crippen LogP contribution < -0.4 is 15.5 Å². The fourth-order valence-corrected chi connectivity index (χ4v) is 3.52. The number of halogens is 1. The van der Waals surface area contributed by atoms with Gasteiger partial charge in [-0.25, -0.2) is 4.39 Å². The Hall–Kier alpha value is -3.09. The van der Waals surface area contributed by atoms with E-state index in [4.69, 9.17) is 0 Å². The minimum Gasteiger partial charge on any atom is -0.368 e. The second-order valence-corrected chi connectivity index (χ2v) is 7.39. The maximum Gasteiger partial charge on any atom is 0.224 e. The molecule has 2 aromatic rings. The van der Waals surface area contributed by atoms with Crippen LogP contribution >= 0.6 is 0 Å². The molecule has 1 saturated heterocycles. The molecule has 30 heavy (non-hydrogen) atoms. The van der Waals surface area contributed by atoms with E-state index in [-0.39, 0.29) is 11.7 Å². The summed E-state index contributed by atoms with van der Waals surface area (Å²) in [5.74, 6) is 0.572. The quantitative estimate of drug-likeness (QED) is 0.567. The number of piperazine rings is 1. The van der Waals surface area contributed by atoms with E-state index in [1.165, 1.54) is 11.8 Å². The lowest BCUT2D eigenvalue weighted by Crippen LogP contribution is -2.49. The van der Waals surface area contributed by atoms with Crippen LogP contribution in [0.3, 0.4) is 0 Å². The van der Waals surface area contributed by atoms with Gasteiger partial charge in [0.25, 0.3) is 0 Å². The minimum atomic E-state index is -0.204. The molecule has 1 aliphatic rings. The highest BCUT2D eigenvalue weighted by Crippen LogP contribution is 2.15. The number of rotatable bonds is 6. The molecule has 1 fully saturated rings. The summed E-state index contributed by atoms with van der Waals surface area (Å²) in [6, 6.07) is 15.3. The first-order valence-electron chi connectivity index (χ1n) is 10.3. The van der Waals surface area contributed by atoms with Crippen molar-refractivity contribution in [3.63, 3.8) is 0 Å². The van der Waals surface area contributed by atoms with Crippen LogP contribution in [-0.2, 0) is 11.3 Å². The smallest absolute Gasteiger partial charge is 0.224 e. The minimum absolute atomic E-state index is 0.153. The van der Waals surface area contributed by atoms with E-state index >= 15 is 0 Å². The number of benzene rings is 2.